The number of sulfonamides is 1. The molecule has 0 amide bonds. The van der Waals surface area contributed by atoms with E-state index in [1.807, 2.05) is 41.0 Å². The molecule has 10 nitrogen and oxygen atoms in total. The molecule has 44 heavy (non-hydrogen) atoms. The fourth-order valence-corrected chi connectivity index (χ4v) is 6.51. The normalized spacial score (nSPS) is 14.9. The van der Waals surface area contributed by atoms with Crippen LogP contribution in [-0.2, 0) is 14.8 Å². The van der Waals surface area contributed by atoms with Crippen LogP contribution in [-0.4, -0.2) is 67.8 Å². The summed E-state index contributed by atoms with van der Waals surface area (Å²) in [6.07, 6.45) is 1.54. The van der Waals surface area contributed by atoms with E-state index in [9.17, 15) is 17.2 Å². The largest absolute Gasteiger partial charge is 0.480 e. The Morgan fingerprint density at radius 3 is 2.52 bits per heavy atom. The van der Waals surface area contributed by atoms with Crippen molar-refractivity contribution < 1.29 is 26.7 Å². The van der Waals surface area contributed by atoms with Crippen LogP contribution >= 0.6 is 0 Å². The zero-order chi connectivity index (χ0) is 30.8. The highest BCUT2D eigenvalue weighted by molar-refractivity contribution is 7.92. The highest BCUT2D eigenvalue weighted by atomic mass is 32.2. The molecule has 1 fully saturated rings. The number of nitrogens with two attached hydrogens (primary N) is 1. The molecule has 1 aliphatic rings. The third-order valence-electron chi connectivity index (χ3n) is 7.55. The molecule has 1 aliphatic heterocycles. The number of halogens is 2. The van der Waals surface area contributed by atoms with Crippen LogP contribution in [0.15, 0.2) is 83.9 Å². The van der Waals surface area contributed by atoms with E-state index in [1.54, 1.807) is 12.3 Å². The lowest BCUT2D eigenvalue weighted by molar-refractivity contribution is 0.0339. The molecule has 13 heteroatoms. The number of anilines is 2. The molecule has 3 heterocycles. The van der Waals surface area contributed by atoms with E-state index >= 15 is 0 Å². The van der Waals surface area contributed by atoms with E-state index in [1.165, 1.54) is 7.11 Å². The summed E-state index contributed by atoms with van der Waals surface area (Å²) in [5.41, 5.74) is 10.3. The van der Waals surface area contributed by atoms with Gasteiger partial charge in [-0.1, -0.05) is 36.4 Å². The number of nitrogen functional groups attached to an aromatic ring is 1. The predicted molar refractivity (Wildman–Crippen MR) is 163 cm³/mol. The minimum atomic E-state index is -4.44. The van der Waals surface area contributed by atoms with Crippen LogP contribution in [0.4, 0.5) is 20.4 Å². The third kappa shape index (κ3) is 5.94. The van der Waals surface area contributed by atoms with Gasteiger partial charge >= 0.3 is 0 Å². The number of imidazole rings is 1. The number of ether oxygens (including phenoxy) is 2. The van der Waals surface area contributed by atoms with Crippen molar-refractivity contribution in [2.24, 2.45) is 0 Å². The molecule has 1 unspecified atom stereocenters. The molecule has 228 valence electrons. The van der Waals surface area contributed by atoms with Gasteiger partial charge in [0.25, 0.3) is 10.0 Å². The van der Waals surface area contributed by atoms with Gasteiger partial charge in [0, 0.05) is 37.5 Å². The number of hydrogen-bond donors (Lipinski definition) is 2. The molecular weight excluding hydrogens is 590 g/mol. The van der Waals surface area contributed by atoms with Gasteiger partial charge in [-0.25, -0.2) is 27.2 Å². The second-order valence-corrected chi connectivity index (χ2v) is 12.0. The maximum absolute atomic E-state index is 14.4. The first-order valence-corrected chi connectivity index (χ1v) is 15.4. The highest BCUT2D eigenvalue weighted by Gasteiger charge is 2.25. The number of nitrogens with zero attached hydrogens (tertiary/aromatic N) is 4. The molecule has 2 aromatic heterocycles. The Balaban J connectivity index is 1.40. The second kappa shape index (κ2) is 12.2. The second-order valence-electron chi connectivity index (χ2n) is 10.3. The van der Waals surface area contributed by atoms with E-state index < -0.39 is 26.6 Å². The van der Waals surface area contributed by atoms with Gasteiger partial charge in [-0.05, 0) is 41.5 Å². The average Bonchev–Trinajstić information content (AvgIpc) is 3.35. The maximum atomic E-state index is 14.4. The number of aromatic nitrogens is 3. The number of fused-ring (bicyclic) bond motifs is 1. The van der Waals surface area contributed by atoms with Gasteiger partial charge < -0.3 is 19.8 Å². The summed E-state index contributed by atoms with van der Waals surface area (Å²) in [5, 5.41) is 0. The molecule has 1 saturated heterocycles. The van der Waals surface area contributed by atoms with Crippen LogP contribution in [0.5, 0.6) is 5.88 Å². The Bertz CT molecular complexity index is 1910. The van der Waals surface area contributed by atoms with Gasteiger partial charge in [-0.3, -0.25) is 9.62 Å². The van der Waals surface area contributed by atoms with E-state index in [4.69, 9.17) is 15.2 Å². The quantitative estimate of drug-likeness (QED) is 0.243. The lowest BCUT2D eigenvalue weighted by Gasteiger charge is -2.32. The predicted octanol–water partition coefficient (Wildman–Crippen LogP) is 4.69. The summed E-state index contributed by atoms with van der Waals surface area (Å²) in [6, 6.07) is 19.3. The van der Waals surface area contributed by atoms with Crippen molar-refractivity contribution in [3.05, 3.63) is 96.2 Å². The standard InChI is InChI=1S/C31H30F2N6O4S/c1-42-30-26(37-44(40,41)29-10-8-23(32)17-24(29)33)15-22(18-35-30)21-7-9-25-27(16-21)39(31(34)36-25)28(20-5-3-2-4-6-20)19-38-11-13-43-14-12-38/h2-10,15-18,28,37H,11-14,19H2,1H3,(H2,34,36). The molecule has 0 radical (unpaired) electrons. The van der Waals surface area contributed by atoms with Gasteiger partial charge in [-0.15, -0.1) is 0 Å². The topological polar surface area (TPSA) is 125 Å². The lowest BCUT2D eigenvalue weighted by Crippen LogP contribution is -2.40. The lowest BCUT2D eigenvalue weighted by atomic mass is 10.0. The minimum Gasteiger partial charge on any atom is -0.480 e. The monoisotopic (exact) mass is 620 g/mol. The summed E-state index contributed by atoms with van der Waals surface area (Å²) in [6.45, 7) is 3.63. The molecule has 0 spiro atoms. The molecule has 0 aliphatic carbocycles. The van der Waals surface area contributed by atoms with Crippen molar-refractivity contribution in [2.75, 3.05) is 50.4 Å². The van der Waals surface area contributed by atoms with Crippen molar-refractivity contribution >= 4 is 32.7 Å². The smallest absolute Gasteiger partial charge is 0.264 e. The summed E-state index contributed by atoms with van der Waals surface area (Å²) < 4.78 is 69.1. The minimum absolute atomic E-state index is 0.0173. The molecule has 0 bridgehead atoms. The van der Waals surface area contributed by atoms with E-state index in [-0.39, 0.29) is 17.6 Å². The molecular formula is C31H30F2N6O4S. The molecule has 0 saturated carbocycles. The number of morpholine rings is 1. The fourth-order valence-electron chi connectivity index (χ4n) is 5.40. The van der Waals surface area contributed by atoms with Gasteiger partial charge in [0.05, 0.1) is 37.4 Å². The molecule has 3 N–H and O–H groups in total. The Morgan fingerprint density at radius 1 is 1.02 bits per heavy atom. The van der Waals surface area contributed by atoms with Crippen LogP contribution in [0.3, 0.4) is 0 Å². The van der Waals surface area contributed by atoms with Gasteiger partial charge in [0.2, 0.25) is 11.8 Å². The van der Waals surface area contributed by atoms with Crippen molar-refractivity contribution in [1.82, 2.24) is 19.4 Å². The Kier molecular flexibility index (Phi) is 8.17. The SMILES string of the molecule is COc1ncc(-c2ccc3nc(N)n(C(CN4CCOCC4)c4ccccc4)c3c2)cc1NS(=O)(=O)c1ccc(F)cc1F. The summed E-state index contributed by atoms with van der Waals surface area (Å²) in [5.74, 6) is -1.77. The maximum Gasteiger partial charge on any atom is 0.264 e. The number of nitrogens with one attached hydrogen (secondary N) is 1. The van der Waals surface area contributed by atoms with Gasteiger partial charge in [-0.2, -0.15) is 0 Å². The van der Waals surface area contributed by atoms with Crippen LogP contribution in [0.25, 0.3) is 22.2 Å². The van der Waals surface area contributed by atoms with E-state index in [2.05, 4.69) is 31.7 Å². The van der Waals surface area contributed by atoms with E-state index in [0.717, 1.165) is 36.3 Å². The molecule has 6 rings (SSSR count). The first-order chi connectivity index (χ1) is 21.2. The van der Waals surface area contributed by atoms with Crippen molar-refractivity contribution in [1.29, 1.82) is 0 Å². The number of rotatable bonds is 9. The first-order valence-electron chi connectivity index (χ1n) is 13.9. The number of methoxy groups -OCH3 is 1. The zero-order valence-electron chi connectivity index (χ0n) is 23.8. The van der Waals surface area contributed by atoms with Crippen LogP contribution in [0, 0.1) is 11.6 Å². The summed E-state index contributed by atoms with van der Waals surface area (Å²) in [4.78, 5) is 10.6. The van der Waals surface area contributed by atoms with Gasteiger partial charge in [0.15, 0.2) is 0 Å². The highest BCUT2D eigenvalue weighted by Crippen LogP contribution is 2.34. The Morgan fingerprint density at radius 2 is 1.80 bits per heavy atom. The van der Waals surface area contributed by atoms with Gasteiger partial charge in [0.1, 0.15) is 22.2 Å². The van der Waals surface area contributed by atoms with Crippen molar-refractivity contribution in [3.8, 4) is 17.0 Å². The van der Waals surface area contributed by atoms with Crippen molar-refractivity contribution in [3.63, 3.8) is 0 Å². The first kappa shape index (κ1) is 29.5. The molecule has 5 aromatic rings. The van der Waals surface area contributed by atoms with Crippen LogP contribution in [0.2, 0.25) is 0 Å². The zero-order valence-corrected chi connectivity index (χ0v) is 24.6. The summed E-state index contributed by atoms with van der Waals surface area (Å²) >= 11 is 0. The summed E-state index contributed by atoms with van der Waals surface area (Å²) in [7, 11) is -3.11. The molecule has 3 aromatic carbocycles. The molecule has 1 atom stereocenters. The van der Waals surface area contributed by atoms with Crippen LogP contribution in [0.1, 0.15) is 11.6 Å². The Labute approximate surface area is 253 Å². The number of benzene rings is 3. The Hall–Kier alpha value is -4.59. The average molecular weight is 621 g/mol. The number of pyridine rings is 1. The third-order valence-corrected chi connectivity index (χ3v) is 8.95. The van der Waals surface area contributed by atoms with Crippen molar-refractivity contribution in [2.45, 2.75) is 10.9 Å². The number of hydrogen-bond acceptors (Lipinski definition) is 8. The fraction of sp³-hybridized carbons (Fsp3) is 0.226. The van der Waals surface area contributed by atoms with E-state index in [0.29, 0.717) is 48.4 Å². The van der Waals surface area contributed by atoms with Crippen LogP contribution < -0.4 is 15.2 Å².